The summed E-state index contributed by atoms with van der Waals surface area (Å²) in [5, 5.41) is 0. The van der Waals surface area contributed by atoms with Crippen molar-refractivity contribution in [2.45, 2.75) is 32.6 Å². The van der Waals surface area contributed by atoms with Crippen molar-refractivity contribution >= 4 is 17.7 Å². The van der Waals surface area contributed by atoms with Crippen LogP contribution < -0.4 is 0 Å². The van der Waals surface area contributed by atoms with E-state index in [9.17, 15) is 0 Å². The molecule has 1 aromatic rings. The van der Waals surface area contributed by atoms with Gasteiger partial charge in [-0.1, -0.05) is 51.6 Å². The number of rotatable bonds is 3. The standard InChI is InChI=1S/C14H19Cl/c1-5-11-7-6-8-13(14(2,3)4)12(11)9-10-15/h5-8H,1,9-10H2,2-4H3. The fourth-order valence-electron chi connectivity index (χ4n) is 1.87. The van der Waals surface area contributed by atoms with Crippen LogP contribution in [0.25, 0.3) is 6.08 Å². The summed E-state index contributed by atoms with van der Waals surface area (Å²) in [6, 6.07) is 6.38. The molecule has 82 valence electrons. The summed E-state index contributed by atoms with van der Waals surface area (Å²) in [5.41, 5.74) is 4.10. The Morgan fingerprint density at radius 2 is 2.00 bits per heavy atom. The first-order valence-corrected chi connectivity index (χ1v) is 5.85. The number of hydrogen-bond acceptors (Lipinski definition) is 0. The van der Waals surface area contributed by atoms with E-state index in [1.54, 1.807) is 0 Å². The third-order valence-electron chi connectivity index (χ3n) is 2.58. The van der Waals surface area contributed by atoms with Crippen molar-refractivity contribution in [2.75, 3.05) is 5.88 Å². The van der Waals surface area contributed by atoms with E-state index in [1.807, 2.05) is 6.08 Å². The molecular weight excluding hydrogens is 204 g/mol. The molecule has 15 heavy (non-hydrogen) atoms. The molecular formula is C14H19Cl. The predicted octanol–water partition coefficient (Wildman–Crippen LogP) is 4.41. The van der Waals surface area contributed by atoms with Crippen molar-refractivity contribution in [2.24, 2.45) is 0 Å². The number of benzene rings is 1. The molecule has 0 atom stereocenters. The molecule has 0 aliphatic heterocycles. The predicted molar refractivity (Wildman–Crippen MR) is 69.7 cm³/mol. The molecule has 0 fully saturated rings. The van der Waals surface area contributed by atoms with Crippen LogP contribution in [0.3, 0.4) is 0 Å². The van der Waals surface area contributed by atoms with Gasteiger partial charge in [0.05, 0.1) is 0 Å². The smallest absolute Gasteiger partial charge is 0.0264 e. The van der Waals surface area contributed by atoms with Crippen LogP contribution in [-0.2, 0) is 11.8 Å². The third-order valence-corrected chi connectivity index (χ3v) is 2.77. The monoisotopic (exact) mass is 222 g/mol. The highest BCUT2D eigenvalue weighted by molar-refractivity contribution is 6.18. The van der Waals surface area contributed by atoms with Gasteiger partial charge >= 0.3 is 0 Å². The van der Waals surface area contributed by atoms with Gasteiger partial charge in [0.1, 0.15) is 0 Å². The maximum atomic E-state index is 5.85. The van der Waals surface area contributed by atoms with Crippen LogP contribution in [0.15, 0.2) is 24.8 Å². The molecule has 0 amide bonds. The van der Waals surface area contributed by atoms with Gasteiger partial charge in [-0.2, -0.15) is 0 Å². The first kappa shape index (κ1) is 12.3. The van der Waals surface area contributed by atoms with Crippen LogP contribution in [-0.4, -0.2) is 5.88 Å². The molecule has 0 nitrogen and oxygen atoms in total. The number of halogens is 1. The average molecular weight is 223 g/mol. The zero-order valence-electron chi connectivity index (χ0n) is 9.81. The van der Waals surface area contributed by atoms with E-state index in [-0.39, 0.29) is 5.41 Å². The molecule has 0 aliphatic rings. The second kappa shape index (κ2) is 4.85. The molecule has 0 radical (unpaired) electrons. The summed E-state index contributed by atoms with van der Waals surface area (Å²) in [7, 11) is 0. The Morgan fingerprint density at radius 3 is 2.47 bits per heavy atom. The van der Waals surface area contributed by atoms with Gasteiger partial charge < -0.3 is 0 Å². The lowest BCUT2D eigenvalue weighted by atomic mass is 9.81. The molecule has 0 N–H and O–H groups in total. The molecule has 1 rings (SSSR count). The van der Waals surface area contributed by atoms with Crippen LogP contribution in [0.1, 0.15) is 37.5 Å². The molecule has 0 heterocycles. The van der Waals surface area contributed by atoms with Gasteiger partial charge in [0.15, 0.2) is 0 Å². The quantitative estimate of drug-likeness (QED) is 0.665. The Labute approximate surface area is 98.0 Å². The Kier molecular flexibility index (Phi) is 3.98. The van der Waals surface area contributed by atoms with Crippen LogP contribution in [0, 0.1) is 0 Å². The maximum Gasteiger partial charge on any atom is 0.0264 e. The topological polar surface area (TPSA) is 0 Å². The molecule has 0 unspecified atom stereocenters. The molecule has 0 aliphatic carbocycles. The van der Waals surface area contributed by atoms with Crippen molar-refractivity contribution in [1.82, 2.24) is 0 Å². The fourth-order valence-corrected chi connectivity index (χ4v) is 2.06. The van der Waals surface area contributed by atoms with Crippen molar-refractivity contribution in [3.63, 3.8) is 0 Å². The summed E-state index contributed by atoms with van der Waals surface area (Å²) < 4.78 is 0. The van der Waals surface area contributed by atoms with Crippen molar-refractivity contribution in [3.8, 4) is 0 Å². The lowest BCUT2D eigenvalue weighted by Gasteiger charge is -2.24. The SMILES string of the molecule is C=Cc1cccc(C(C)(C)C)c1CCCl. The number of hydrogen-bond donors (Lipinski definition) is 0. The molecule has 0 saturated heterocycles. The molecule has 0 saturated carbocycles. The molecule has 0 bridgehead atoms. The van der Waals surface area contributed by atoms with Crippen LogP contribution >= 0.6 is 11.6 Å². The van der Waals surface area contributed by atoms with Crippen LogP contribution in [0.4, 0.5) is 0 Å². The Balaban J connectivity index is 3.31. The zero-order chi connectivity index (χ0) is 11.5. The van der Waals surface area contributed by atoms with E-state index in [0.29, 0.717) is 5.88 Å². The van der Waals surface area contributed by atoms with Gasteiger partial charge in [0, 0.05) is 5.88 Å². The largest absolute Gasteiger partial charge is 0.126 e. The second-order valence-electron chi connectivity index (χ2n) is 4.77. The van der Waals surface area contributed by atoms with Crippen LogP contribution in [0.5, 0.6) is 0 Å². The first-order chi connectivity index (χ1) is 7.00. The minimum Gasteiger partial charge on any atom is -0.126 e. The lowest BCUT2D eigenvalue weighted by Crippen LogP contribution is -2.15. The van der Waals surface area contributed by atoms with Gasteiger partial charge in [-0.3, -0.25) is 0 Å². The number of alkyl halides is 1. The van der Waals surface area contributed by atoms with E-state index in [1.165, 1.54) is 16.7 Å². The zero-order valence-corrected chi connectivity index (χ0v) is 10.6. The normalized spacial score (nSPS) is 11.5. The fraction of sp³-hybridized carbons (Fsp3) is 0.429. The molecule has 1 heteroatoms. The van der Waals surface area contributed by atoms with Crippen LogP contribution in [0.2, 0.25) is 0 Å². The average Bonchev–Trinajstić information content (AvgIpc) is 2.17. The highest BCUT2D eigenvalue weighted by Gasteiger charge is 2.18. The minimum atomic E-state index is 0.167. The van der Waals surface area contributed by atoms with E-state index in [2.05, 4.69) is 45.5 Å². The van der Waals surface area contributed by atoms with E-state index in [0.717, 1.165) is 6.42 Å². The van der Waals surface area contributed by atoms with Crippen molar-refractivity contribution < 1.29 is 0 Å². The van der Waals surface area contributed by atoms with Gasteiger partial charge in [-0.05, 0) is 28.5 Å². The highest BCUT2D eigenvalue weighted by atomic mass is 35.5. The van der Waals surface area contributed by atoms with Gasteiger partial charge in [0.25, 0.3) is 0 Å². The third kappa shape index (κ3) is 2.85. The molecule has 1 aromatic carbocycles. The summed E-state index contributed by atoms with van der Waals surface area (Å²) in [6.07, 6.45) is 2.83. The van der Waals surface area contributed by atoms with E-state index < -0.39 is 0 Å². The summed E-state index contributed by atoms with van der Waals surface area (Å²) in [5.74, 6) is 0.661. The van der Waals surface area contributed by atoms with E-state index >= 15 is 0 Å². The van der Waals surface area contributed by atoms with Gasteiger partial charge in [-0.25, -0.2) is 0 Å². The highest BCUT2D eigenvalue weighted by Crippen LogP contribution is 2.29. The van der Waals surface area contributed by atoms with Crippen molar-refractivity contribution in [3.05, 3.63) is 41.5 Å². The summed E-state index contributed by atoms with van der Waals surface area (Å²) >= 11 is 5.85. The van der Waals surface area contributed by atoms with Gasteiger partial charge in [-0.15, -0.1) is 11.6 Å². The Hall–Kier alpha value is -0.750. The van der Waals surface area contributed by atoms with Crippen molar-refractivity contribution in [1.29, 1.82) is 0 Å². The first-order valence-electron chi connectivity index (χ1n) is 5.31. The van der Waals surface area contributed by atoms with Gasteiger partial charge in [0.2, 0.25) is 0 Å². The minimum absolute atomic E-state index is 0.167. The summed E-state index contributed by atoms with van der Waals surface area (Å²) in [4.78, 5) is 0. The molecule has 0 spiro atoms. The maximum absolute atomic E-state index is 5.85. The van der Waals surface area contributed by atoms with E-state index in [4.69, 9.17) is 11.6 Å². The lowest BCUT2D eigenvalue weighted by molar-refractivity contribution is 0.583. The molecule has 0 aromatic heterocycles. The Bertz CT molecular complexity index is 345. The summed E-state index contributed by atoms with van der Waals surface area (Å²) in [6.45, 7) is 10.5. The second-order valence-corrected chi connectivity index (χ2v) is 5.14. The Morgan fingerprint density at radius 1 is 1.33 bits per heavy atom.